The lowest BCUT2D eigenvalue weighted by atomic mass is 10.1. The summed E-state index contributed by atoms with van der Waals surface area (Å²) in [6, 6.07) is 7.83. The molecule has 0 spiro atoms. The molecule has 5 nitrogen and oxygen atoms in total. The molecule has 1 unspecified atom stereocenters. The minimum Gasteiger partial charge on any atom is -0.337 e. The number of aromatic nitrogens is 2. The first-order chi connectivity index (χ1) is 13.0. The number of benzene rings is 2. The monoisotopic (exact) mass is 373 g/mol. The quantitative estimate of drug-likeness (QED) is 0.693. The van der Waals surface area contributed by atoms with Crippen LogP contribution in [0.2, 0.25) is 0 Å². The van der Waals surface area contributed by atoms with Crippen molar-refractivity contribution in [2.24, 2.45) is 0 Å². The van der Waals surface area contributed by atoms with Crippen LogP contribution >= 0.6 is 0 Å². The molecule has 2 aromatic carbocycles. The van der Waals surface area contributed by atoms with Crippen molar-refractivity contribution in [2.45, 2.75) is 18.9 Å². The number of carbonyl (C=O) groups is 1. The van der Waals surface area contributed by atoms with Crippen molar-refractivity contribution >= 4 is 5.91 Å². The predicted molar refractivity (Wildman–Crippen MR) is 89.1 cm³/mol. The van der Waals surface area contributed by atoms with Gasteiger partial charge in [0.1, 0.15) is 23.5 Å². The van der Waals surface area contributed by atoms with Gasteiger partial charge in [-0.3, -0.25) is 4.79 Å². The van der Waals surface area contributed by atoms with E-state index in [2.05, 4.69) is 10.1 Å². The molecule has 138 valence electrons. The summed E-state index contributed by atoms with van der Waals surface area (Å²) < 4.78 is 45.7. The molecule has 3 aromatic rings. The van der Waals surface area contributed by atoms with Crippen LogP contribution in [0.5, 0.6) is 0 Å². The Balaban J connectivity index is 1.61. The topological polar surface area (TPSA) is 59.2 Å². The normalized spacial score (nSPS) is 16.7. The summed E-state index contributed by atoms with van der Waals surface area (Å²) in [7, 11) is 0. The van der Waals surface area contributed by atoms with Crippen LogP contribution in [0.15, 0.2) is 47.0 Å². The van der Waals surface area contributed by atoms with Gasteiger partial charge in [0.15, 0.2) is 0 Å². The zero-order valence-electron chi connectivity index (χ0n) is 14.0. The van der Waals surface area contributed by atoms with E-state index in [1.165, 1.54) is 29.2 Å². The van der Waals surface area contributed by atoms with E-state index in [9.17, 15) is 18.0 Å². The van der Waals surface area contributed by atoms with Crippen molar-refractivity contribution in [3.8, 4) is 11.4 Å². The van der Waals surface area contributed by atoms with Crippen molar-refractivity contribution in [1.82, 2.24) is 15.0 Å². The van der Waals surface area contributed by atoms with Gasteiger partial charge in [-0.2, -0.15) is 4.98 Å². The fourth-order valence-electron chi connectivity index (χ4n) is 3.17. The lowest BCUT2D eigenvalue weighted by Crippen LogP contribution is -2.31. The van der Waals surface area contributed by atoms with Crippen molar-refractivity contribution in [1.29, 1.82) is 0 Å². The number of halogens is 3. The third-order valence-corrected chi connectivity index (χ3v) is 4.50. The number of hydrogen-bond acceptors (Lipinski definition) is 4. The number of carbonyl (C=O) groups excluding carboxylic acids is 1. The van der Waals surface area contributed by atoms with E-state index in [1.807, 2.05) is 0 Å². The lowest BCUT2D eigenvalue weighted by Gasteiger charge is -2.22. The molecule has 1 aliphatic rings. The Hall–Kier alpha value is -3.16. The fraction of sp³-hybridized carbons (Fsp3) is 0.211. The highest BCUT2D eigenvalue weighted by atomic mass is 19.1. The van der Waals surface area contributed by atoms with E-state index in [4.69, 9.17) is 4.52 Å². The van der Waals surface area contributed by atoms with Crippen LogP contribution in [0.3, 0.4) is 0 Å². The van der Waals surface area contributed by atoms with Gasteiger partial charge in [-0.1, -0.05) is 5.16 Å². The maximum Gasteiger partial charge on any atom is 0.257 e. The Morgan fingerprint density at radius 2 is 1.81 bits per heavy atom. The molecule has 8 heteroatoms. The van der Waals surface area contributed by atoms with E-state index in [0.29, 0.717) is 24.9 Å². The highest BCUT2D eigenvalue weighted by molar-refractivity contribution is 5.95. The van der Waals surface area contributed by atoms with Gasteiger partial charge >= 0.3 is 0 Å². The molecule has 1 aromatic heterocycles. The molecule has 1 saturated heterocycles. The van der Waals surface area contributed by atoms with Gasteiger partial charge in [0.05, 0.1) is 5.56 Å². The van der Waals surface area contributed by atoms with Gasteiger partial charge in [0.2, 0.25) is 11.7 Å². The van der Waals surface area contributed by atoms with Crippen LogP contribution in [0.25, 0.3) is 11.4 Å². The summed E-state index contributed by atoms with van der Waals surface area (Å²) in [5.74, 6) is -2.02. The molecule has 1 aliphatic heterocycles. The number of amides is 1. The summed E-state index contributed by atoms with van der Waals surface area (Å²) >= 11 is 0. The average Bonchev–Trinajstić information content (AvgIpc) is 3.32. The Morgan fingerprint density at radius 1 is 1.07 bits per heavy atom. The number of hydrogen-bond donors (Lipinski definition) is 0. The first kappa shape index (κ1) is 17.3. The second-order valence-electron chi connectivity index (χ2n) is 6.24. The van der Waals surface area contributed by atoms with E-state index in [-0.39, 0.29) is 23.1 Å². The van der Waals surface area contributed by atoms with Gasteiger partial charge in [0.25, 0.3) is 5.91 Å². The van der Waals surface area contributed by atoms with Crippen LogP contribution < -0.4 is 0 Å². The van der Waals surface area contributed by atoms with Gasteiger partial charge in [-0.25, -0.2) is 13.2 Å². The van der Waals surface area contributed by atoms with Crippen LogP contribution in [0.4, 0.5) is 13.2 Å². The van der Waals surface area contributed by atoms with Crippen molar-refractivity contribution in [2.75, 3.05) is 6.54 Å². The lowest BCUT2D eigenvalue weighted by molar-refractivity contribution is 0.0704. The molecule has 0 saturated carbocycles. The van der Waals surface area contributed by atoms with Gasteiger partial charge in [-0.15, -0.1) is 0 Å². The third-order valence-electron chi connectivity index (χ3n) is 4.50. The highest BCUT2D eigenvalue weighted by Gasteiger charge is 2.35. The molecule has 27 heavy (non-hydrogen) atoms. The molecule has 0 N–H and O–H groups in total. The van der Waals surface area contributed by atoms with E-state index in [0.717, 1.165) is 18.2 Å². The molecule has 0 bridgehead atoms. The maximum absolute atomic E-state index is 14.0. The first-order valence-electron chi connectivity index (χ1n) is 8.38. The summed E-state index contributed by atoms with van der Waals surface area (Å²) in [5.41, 5.74) is 0.235. The summed E-state index contributed by atoms with van der Waals surface area (Å²) in [4.78, 5) is 18.4. The van der Waals surface area contributed by atoms with Gasteiger partial charge in [-0.05, 0) is 55.3 Å². The minimum atomic E-state index is -0.787. The molecular formula is C19H14F3N3O2. The molecule has 1 atom stereocenters. The van der Waals surface area contributed by atoms with Crippen LogP contribution in [-0.4, -0.2) is 27.5 Å². The fourth-order valence-corrected chi connectivity index (χ4v) is 3.17. The molecule has 4 rings (SSSR count). The number of nitrogens with zero attached hydrogens (tertiary/aromatic N) is 3. The van der Waals surface area contributed by atoms with Crippen LogP contribution in [-0.2, 0) is 0 Å². The third kappa shape index (κ3) is 3.30. The molecule has 1 amide bonds. The Morgan fingerprint density at radius 3 is 2.59 bits per heavy atom. The van der Waals surface area contributed by atoms with E-state index < -0.39 is 23.6 Å². The Labute approximate surface area is 152 Å². The second-order valence-corrected chi connectivity index (χ2v) is 6.24. The zero-order chi connectivity index (χ0) is 19.0. The molecule has 0 aliphatic carbocycles. The number of likely N-dealkylation sites (tertiary alicyclic amines) is 1. The van der Waals surface area contributed by atoms with Crippen molar-refractivity contribution < 1.29 is 22.5 Å². The van der Waals surface area contributed by atoms with Crippen LogP contribution in [0.1, 0.15) is 35.1 Å². The summed E-state index contributed by atoms with van der Waals surface area (Å²) in [6.45, 7) is 0.369. The molecule has 2 heterocycles. The van der Waals surface area contributed by atoms with Crippen molar-refractivity contribution in [3.05, 3.63) is 71.4 Å². The van der Waals surface area contributed by atoms with E-state index in [1.54, 1.807) is 0 Å². The summed E-state index contributed by atoms with van der Waals surface area (Å²) in [5, 5.41) is 3.88. The largest absolute Gasteiger partial charge is 0.337 e. The molecular weight excluding hydrogens is 359 g/mol. The van der Waals surface area contributed by atoms with Crippen LogP contribution in [0, 0.1) is 17.5 Å². The SMILES string of the molecule is O=C(c1cc(F)ccc1F)N1CCCC1c1nc(-c2ccc(F)cc2)no1. The van der Waals surface area contributed by atoms with Crippen molar-refractivity contribution in [3.63, 3.8) is 0 Å². The smallest absolute Gasteiger partial charge is 0.257 e. The predicted octanol–water partition coefficient (Wildman–Crippen LogP) is 4.13. The maximum atomic E-state index is 14.0. The minimum absolute atomic E-state index is 0.206. The first-order valence-corrected chi connectivity index (χ1v) is 8.38. The standard InChI is InChI=1S/C19H14F3N3O2/c20-12-5-3-11(4-6-12)17-23-18(27-24-17)16-2-1-9-25(16)19(26)14-10-13(21)7-8-15(14)22/h3-8,10,16H,1-2,9H2. The zero-order valence-corrected chi connectivity index (χ0v) is 14.0. The van der Waals surface area contributed by atoms with Gasteiger partial charge < -0.3 is 9.42 Å². The highest BCUT2D eigenvalue weighted by Crippen LogP contribution is 2.33. The Bertz CT molecular complexity index is 988. The Kier molecular flexibility index (Phi) is 4.39. The number of rotatable bonds is 3. The second kappa shape index (κ2) is 6.86. The van der Waals surface area contributed by atoms with E-state index >= 15 is 0 Å². The average molecular weight is 373 g/mol. The molecule has 1 fully saturated rings. The van der Waals surface area contributed by atoms with Gasteiger partial charge in [0, 0.05) is 12.1 Å². The summed E-state index contributed by atoms with van der Waals surface area (Å²) in [6.07, 6.45) is 1.23. The molecule has 0 radical (unpaired) electrons.